The minimum Gasteiger partial charge on any atom is -0.458 e. The Hall–Kier alpha value is -1.05. The molecule has 1 heterocycles. The molecule has 1 aliphatic heterocycles. The van der Waals surface area contributed by atoms with E-state index in [0.717, 1.165) is 12.8 Å². The second-order valence-corrected chi connectivity index (χ2v) is 6.11. The van der Waals surface area contributed by atoms with E-state index >= 15 is 0 Å². The van der Waals surface area contributed by atoms with Gasteiger partial charge in [-0.2, -0.15) is 0 Å². The summed E-state index contributed by atoms with van der Waals surface area (Å²) < 4.78 is 5.43. The summed E-state index contributed by atoms with van der Waals surface area (Å²) in [7, 11) is 0. The van der Waals surface area contributed by atoms with Crippen LogP contribution in [0.4, 0.5) is 0 Å². The summed E-state index contributed by atoms with van der Waals surface area (Å²) in [5.41, 5.74) is 2.48. The molecular weight excluding hydrogens is 212 g/mol. The van der Waals surface area contributed by atoms with Crippen molar-refractivity contribution in [2.24, 2.45) is 17.3 Å². The third-order valence-corrected chi connectivity index (χ3v) is 5.29. The van der Waals surface area contributed by atoms with Gasteiger partial charge in [0.1, 0.15) is 6.10 Å². The lowest BCUT2D eigenvalue weighted by atomic mass is 9.57. The van der Waals surface area contributed by atoms with Crippen molar-refractivity contribution >= 4 is 5.97 Å². The van der Waals surface area contributed by atoms with Gasteiger partial charge in [-0.05, 0) is 30.6 Å². The molecule has 2 aliphatic carbocycles. The van der Waals surface area contributed by atoms with Crippen molar-refractivity contribution in [3.63, 3.8) is 0 Å². The zero-order valence-electron chi connectivity index (χ0n) is 10.7. The van der Waals surface area contributed by atoms with Gasteiger partial charge in [0.2, 0.25) is 0 Å². The molecule has 3 aliphatic rings. The van der Waals surface area contributed by atoms with Gasteiger partial charge < -0.3 is 4.74 Å². The molecule has 2 fully saturated rings. The van der Waals surface area contributed by atoms with Crippen LogP contribution in [0, 0.1) is 17.3 Å². The molecule has 0 spiro atoms. The van der Waals surface area contributed by atoms with E-state index in [1.54, 1.807) is 0 Å². The van der Waals surface area contributed by atoms with Crippen LogP contribution in [0.2, 0.25) is 0 Å². The Bertz CT molecular complexity index is 421. The van der Waals surface area contributed by atoms with E-state index in [1.807, 2.05) is 0 Å². The summed E-state index contributed by atoms with van der Waals surface area (Å²) in [6, 6.07) is 0. The molecule has 0 amide bonds. The second-order valence-electron chi connectivity index (χ2n) is 6.11. The summed E-state index contributed by atoms with van der Waals surface area (Å²) in [5, 5.41) is 0. The molecule has 2 nitrogen and oxygen atoms in total. The van der Waals surface area contributed by atoms with Gasteiger partial charge in [0.15, 0.2) is 0 Å². The first kappa shape index (κ1) is 11.1. The summed E-state index contributed by atoms with van der Waals surface area (Å²) in [5.74, 6) is 0.785. The highest BCUT2D eigenvalue weighted by atomic mass is 16.6. The van der Waals surface area contributed by atoms with E-state index in [-0.39, 0.29) is 23.4 Å². The molecule has 0 bridgehead atoms. The lowest BCUT2D eigenvalue weighted by Crippen LogP contribution is -2.40. The maximum atomic E-state index is 11.6. The predicted molar refractivity (Wildman–Crippen MR) is 66.3 cm³/mol. The van der Waals surface area contributed by atoms with Crippen LogP contribution in [0.25, 0.3) is 0 Å². The molecule has 1 saturated heterocycles. The van der Waals surface area contributed by atoms with Crippen molar-refractivity contribution in [2.75, 3.05) is 0 Å². The van der Waals surface area contributed by atoms with Gasteiger partial charge in [-0.25, -0.2) is 4.79 Å². The lowest BCUT2D eigenvalue weighted by molar-refractivity contribution is -0.139. The van der Waals surface area contributed by atoms with Gasteiger partial charge in [0, 0.05) is 17.9 Å². The van der Waals surface area contributed by atoms with Crippen molar-refractivity contribution in [3.8, 4) is 0 Å². The fourth-order valence-electron chi connectivity index (χ4n) is 3.81. The predicted octanol–water partition coefficient (Wildman–Crippen LogP) is 3.24. The summed E-state index contributed by atoms with van der Waals surface area (Å²) in [4.78, 5) is 11.6. The van der Waals surface area contributed by atoms with Crippen molar-refractivity contribution in [2.45, 2.75) is 45.6 Å². The van der Waals surface area contributed by atoms with Gasteiger partial charge in [0.05, 0.1) is 0 Å². The van der Waals surface area contributed by atoms with Crippen molar-refractivity contribution in [1.29, 1.82) is 0 Å². The van der Waals surface area contributed by atoms with Gasteiger partial charge >= 0.3 is 5.97 Å². The fraction of sp³-hybridized carbons (Fsp3) is 0.667. The molecule has 17 heavy (non-hydrogen) atoms. The largest absolute Gasteiger partial charge is 0.458 e. The van der Waals surface area contributed by atoms with Gasteiger partial charge in [-0.15, -0.1) is 0 Å². The molecule has 0 aromatic rings. The van der Waals surface area contributed by atoms with E-state index in [2.05, 4.69) is 26.5 Å². The molecule has 92 valence electrons. The Morgan fingerprint density at radius 3 is 3.06 bits per heavy atom. The third-order valence-electron chi connectivity index (χ3n) is 5.29. The second kappa shape index (κ2) is 3.47. The van der Waals surface area contributed by atoms with Gasteiger partial charge in [-0.3, -0.25) is 0 Å². The minimum absolute atomic E-state index is 0.0691. The maximum absolute atomic E-state index is 11.6. The van der Waals surface area contributed by atoms with Crippen LogP contribution >= 0.6 is 0 Å². The third kappa shape index (κ3) is 1.42. The first-order chi connectivity index (χ1) is 8.02. The van der Waals surface area contributed by atoms with Crippen LogP contribution in [0.15, 0.2) is 23.8 Å². The highest BCUT2D eigenvalue weighted by molar-refractivity contribution is 5.91. The van der Waals surface area contributed by atoms with Gasteiger partial charge in [-0.1, -0.05) is 32.1 Å². The maximum Gasteiger partial charge on any atom is 0.334 e. The zero-order chi connectivity index (χ0) is 12.2. The van der Waals surface area contributed by atoms with Crippen LogP contribution in [-0.4, -0.2) is 12.1 Å². The Morgan fingerprint density at radius 2 is 2.29 bits per heavy atom. The monoisotopic (exact) mass is 232 g/mol. The lowest BCUT2D eigenvalue weighted by Gasteiger charge is -2.47. The Kier molecular flexibility index (Phi) is 2.26. The Morgan fingerprint density at radius 1 is 1.53 bits per heavy atom. The standard InChI is InChI=1S/C15H20O2/c1-9-5-4-6-11-7-13-12(8-15(9,11)3)10(2)14(16)17-13/h6,9,12-13H,2,4-5,7-8H2,1,3H3/t9-,12+,13+,15+/m1/s1. The Balaban J connectivity index is 1.96. The highest BCUT2D eigenvalue weighted by Gasteiger charge is 2.51. The number of fused-ring (bicyclic) bond motifs is 2. The molecule has 4 atom stereocenters. The fourth-order valence-corrected chi connectivity index (χ4v) is 3.81. The van der Waals surface area contributed by atoms with Crippen LogP contribution in [0.1, 0.15) is 39.5 Å². The zero-order valence-corrected chi connectivity index (χ0v) is 10.7. The van der Waals surface area contributed by atoms with Crippen LogP contribution in [0.5, 0.6) is 0 Å². The smallest absolute Gasteiger partial charge is 0.334 e. The van der Waals surface area contributed by atoms with E-state index < -0.39 is 0 Å². The van der Waals surface area contributed by atoms with Crippen molar-refractivity contribution < 1.29 is 9.53 Å². The van der Waals surface area contributed by atoms with Crippen molar-refractivity contribution in [1.82, 2.24) is 0 Å². The van der Waals surface area contributed by atoms with E-state index in [9.17, 15) is 4.79 Å². The average Bonchev–Trinajstić information content (AvgIpc) is 2.55. The van der Waals surface area contributed by atoms with E-state index in [0.29, 0.717) is 11.5 Å². The van der Waals surface area contributed by atoms with E-state index in [4.69, 9.17) is 4.74 Å². The summed E-state index contributed by atoms with van der Waals surface area (Å²) in [6.07, 6.45) is 6.85. The Labute approximate surface area is 103 Å². The first-order valence-corrected chi connectivity index (χ1v) is 6.61. The number of carbonyl (C=O) groups is 1. The van der Waals surface area contributed by atoms with Crippen molar-refractivity contribution in [3.05, 3.63) is 23.8 Å². The minimum atomic E-state index is -0.171. The normalized spacial score (nSPS) is 44.8. The molecule has 0 N–H and O–H groups in total. The summed E-state index contributed by atoms with van der Waals surface area (Å²) >= 11 is 0. The van der Waals surface area contributed by atoms with Crippen LogP contribution < -0.4 is 0 Å². The van der Waals surface area contributed by atoms with E-state index in [1.165, 1.54) is 18.4 Å². The highest BCUT2D eigenvalue weighted by Crippen LogP contribution is 2.55. The molecule has 1 saturated carbocycles. The van der Waals surface area contributed by atoms with Gasteiger partial charge in [0.25, 0.3) is 0 Å². The molecule has 2 heteroatoms. The average molecular weight is 232 g/mol. The molecule has 0 aromatic heterocycles. The van der Waals surface area contributed by atoms with Crippen LogP contribution in [-0.2, 0) is 9.53 Å². The number of carbonyl (C=O) groups excluding carboxylic acids is 1. The first-order valence-electron chi connectivity index (χ1n) is 6.61. The number of esters is 1. The number of rotatable bonds is 0. The number of ether oxygens (including phenoxy) is 1. The molecule has 0 radical (unpaired) electrons. The number of hydrogen-bond donors (Lipinski definition) is 0. The number of allylic oxidation sites excluding steroid dienone is 1. The topological polar surface area (TPSA) is 26.3 Å². The molecular formula is C15H20O2. The van der Waals surface area contributed by atoms with Crippen LogP contribution in [0.3, 0.4) is 0 Å². The molecule has 0 aromatic carbocycles. The molecule has 3 rings (SSSR count). The summed E-state index contributed by atoms with van der Waals surface area (Å²) in [6.45, 7) is 8.62. The SMILES string of the molecule is C=C1C(=O)O[C@H]2CC3=CCC[C@@H](C)[C@]3(C)C[C@@H]12. The molecule has 0 unspecified atom stereocenters. The number of hydrogen-bond acceptors (Lipinski definition) is 2. The quantitative estimate of drug-likeness (QED) is 0.364.